The molecule has 0 radical (unpaired) electrons. The first kappa shape index (κ1) is 10.6. The highest BCUT2D eigenvalue weighted by Gasteiger charge is 2.13. The van der Waals surface area contributed by atoms with Crippen LogP contribution in [0.3, 0.4) is 0 Å². The molecule has 0 aromatic carbocycles. The summed E-state index contributed by atoms with van der Waals surface area (Å²) in [6.07, 6.45) is 2.96. The number of nitrogens with zero attached hydrogens (tertiary/aromatic N) is 2. The molecular weight excluding hydrogens is 182 g/mol. The fourth-order valence-corrected chi connectivity index (χ4v) is 0.988. The van der Waals surface area contributed by atoms with Gasteiger partial charge in [0.2, 0.25) is 5.88 Å². The number of rotatable bonds is 5. The molecule has 1 N–H and O–H groups in total. The van der Waals surface area contributed by atoms with E-state index < -0.39 is 0 Å². The minimum atomic E-state index is -0.114. The van der Waals surface area contributed by atoms with Gasteiger partial charge in [-0.3, -0.25) is 4.79 Å². The SMILES string of the molecule is CCNCC(=O)c1nccnc1OC. The number of ether oxygens (including phenoxy) is 1. The van der Waals surface area contributed by atoms with Gasteiger partial charge in [0.25, 0.3) is 0 Å². The second-order valence-corrected chi connectivity index (χ2v) is 2.62. The topological polar surface area (TPSA) is 64.1 Å². The zero-order valence-corrected chi connectivity index (χ0v) is 8.28. The molecule has 0 spiro atoms. The number of carbonyl (C=O) groups excluding carboxylic acids is 1. The predicted octanol–water partition coefficient (Wildman–Crippen LogP) is 0.277. The zero-order valence-electron chi connectivity index (χ0n) is 8.28. The van der Waals surface area contributed by atoms with Crippen molar-refractivity contribution >= 4 is 5.78 Å². The van der Waals surface area contributed by atoms with E-state index in [0.717, 1.165) is 6.54 Å². The van der Waals surface area contributed by atoms with Gasteiger partial charge in [-0.25, -0.2) is 9.97 Å². The van der Waals surface area contributed by atoms with Crippen LogP contribution in [0.15, 0.2) is 12.4 Å². The molecule has 1 aromatic rings. The summed E-state index contributed by atoms with van der Waals surface area (Å²) in [5.41, 5.74) is 0.274. The third-order valence-corrected chi connectivity index (χ3v) is 1.66. The molecule has 0 saturated heterocycles. The molecule has 14 heavy (non-hydrogen) atoms. The number of hydrogen-bond acceptors (Lipinski definition) is 5. The van der Waals surface area contributed by atoms with Crippen LogP contribution in [0.5, 0.6) is 5.88 Å². The summed E-state index contributed by atoms with van der Waals surface area (Å²) in [6.45, 7) is 2.93. The van der Waals surface area contributed by atoms with E-state index >= 15 is 0 Å². The van der Waals surface area contributed by atoms with Crippen molar-refractivity contribution in [3.05, 3.63) is 18.1 Å². The monoisotopic (exact) mass is 195 g/mol. The maximum Gasteiger partial charge on any atom is 0.243 e. The van der Waals surface area contributed by atoms with E-state index in [9.17, 15) is 4.79 Å². The second kappa shape index (κ2) is 5.29. The minimum Gasteiger partial charge on any atom is -0.479 e. The number of nitrogens with one attached hydrogen (secondary N) is 1. The lowest BCUT2D eigenvalue weighted by atomic mass is 10.3. The van der Waals surface area contributed by atoms with E-state index in [1.807, 2.05) is 6.92 Å². The van der Waals surface area contributed by atoms with Gasteiger partial charge in [0, 0.05) is 12.4 Å². The summed E-state index contributed by atoms with van der Waals surface area (Å²) in [7, 11) is 1.47. The highest BCUT2D eigenvalue weighted by atomic mass is 16.5. The standard InChI is InChI=1S/C9H13N3O2/c1-3-10-6-7(13)8-9(14-2)12-5-4-11-8/h4-5,10H,3,6H2,1-2H3. The Hall–Kier alpha value is -1.49. The molecule has 0 aliphatic heterocycles. The number of likely N-dealkylation sites (N-methyl/N-ethyl adjacent to an activating group) is 1. The van der Waals surface area contributed by atoms with Crippen molar-refractivity contribution in [2.75, 3.05) is 20.2 Å². The summed E-state index contributed by atoms with van der Waals surface area (Å²) < 4.78 is 4.92. The third kappa shape index (κ3) is 2.50. The Morgan fingerprint density at radius 1 is 1.50 bits per heavy atom. The molecule has 0 bridgehead atoms. The average Bonchev–Trinajstić information content (AvgIpc) is 2.25. The van der Waals surface area contributed by atoms with Gasteiger partial charge >= 0.3 is 0 Å². The summed E-state index contributed by atoms with van der Waals surface area (Å²) in [4.78, 5) is 19.4. The van der Waals surface area contributed by atoms with Crippen LogP contribution in [-0.4, -0.2) is 36.0 Å². The van der Waals surface area contributed by atoms with Crippen molar-refractivity contribution in [2.24, 2.45) is 0 Å². The number of carbonyl (C=O) groups is 1. The normalized spacial score (nSPS) is 9.86. The Kier molecular flexibility index (Phi) is 4.00. The number of methoxy groups -OCH3 is 1. The summed E-state index contributed by atoms with van der Waals surface area (Å²) in [5.74, 6) is 0.159. The van der Waals surface area contributed by atoms with Crippen molar-refractivity contribution in [1.29, 1.82) is 0 Å². The largest absolute Gasteiger partial charge is 0.479 e. The molecule has 5 heteroatoms. The van der Waals surface area contributed by atoms with Crippen LogP contribution in [0.2, 0.25) is 0 Å². The highest BCUT2D eigenvalue weighted by molar-refractivity contribution is 5.97. The first-order valence-corrected chi connectivity index (χ1v) is 4.38. The fraction of sp³-hybridized carbons (Fsp3) is 0.444. The van der Waals surface area contributed by atoms with Crippen molar-refractivity contribution in [2.45, 2.75) is 6.92 Å². The Morgan fingerprint density at radius 2 is 2.21 bits per heavy atom. The van der Waals surface area contributed by atoms with Crippen LogP contribution in [-0.2, 0) is 0 Å². The van der Waals surface area contributed by atoms with Crippen LogP contribution in [0.4, 0.5) is 0 Å². The van der Waals surface area contributed by atoms with E-state index in [2.05, 4.69) is 15.3 Å². The number of ketones is 1. The molecule has 1 rings (SSSR count). The second-order valence-electron chi connectivity index (χ2n) is 2.62. The lowest BCUT2D eigenvalue weighted by Gasteiger charge is -2.04. The van der Waals surface area contributed by atoms with Crippen LogP contribution < -0.4 is 10.1 Å². The summed E-state index contributed by atoms with van der Waals surface area (Å²) in [5, 5.41) is 2.92. The van der Waals surface area contributed by atoms with Gasteiger partial charge < -0.3 is 10.1 Å². The molecule has 0 saturated carbocycles. The fourth-order valence-electron chi connectivity index (χ4n) is 0.988. The van der Waals surface area contributed by atoms with E-state index in [-0.39, 0.29) is 23.9 Å². The Bertz CT molecular complexity index is 315. The Labute approximate surface area is 82.5 Å². The Morgan fingerprint density at radius 3 is 2.86 bits per heavy atom. The van der Waals surface area contributed by atoms with Crippen molar-refractivity contribution in [3.63, 3.8) is 0 Å². The molecule has 0 atom stereocenters. The lowest BCUT2D eigenvalue weighted by Crippen LogP contribution is -2.23. The van der Waals surface area contributed by atoms with Crippen molar-refractivity contribution in [1.82, 2.24) is 15.3 Å². The van der Waals surface area contributed by atoms with Crippen molar-refractivity contribution < 1.29 is 9.53 Å². The highest BCUT2D eigenvalue weighted by Crippen LogP contribution is 2.10. The lowest BCUT2D eigenvalue weighted by molar-refractivity contribution is 0.0983. The van der Waals surface area contributed by atoms with Crippen LogP contribution >= 0.6 is 0 Å². The first-order chi connectivity index (χ1) is 6.79. The van der Waals surface area contributed by atoms with Crippen molar-refractivity contribution in [3.8, 4) is 5.88 Å². The summed E-state index contributed by atoms with van der Waals surface area (Å²) >= 11 is 0. The molecule has 1 heterocycles. The van der Waals surface area contributed by atoms with E-state index in [4.69, 9.17) is 4.74 Å². The third-order valence-electron chi connectivity index (χ3n) is 1.66. The van der Waals surface area contributed by atoms with Gasteiger partial charge in [-0.15, -0.1) is 0 Å². The number of hydrogen-bond donors (Lipinski definition) is 1. The van der Waals surface area contributed by atoms with Gasteiger partial charge in [0.15, 0.2) is 11.5 Å². The molecule has 5 nitrogen and oxygen atoms in total. The van der Waals surface area contributed by atoms with Gasteiger partial charge in [-0.2, -0.15) is 0 Å². The molecule has 0 unspecified atom stereocenters. The number of Topliss-reactive ketones (excluding diaryl/α,β-unsaturated/α-hetero) is 1. The summed E-state index contributed by atoms with van der Waals surface area (Å²) in [6, 6.07) is 0. The molecular formula is C9H13N3O2. The smallest absolute Gasteiger partial charge is 0.243 e. The predicted molar refractivity (Wildman–Crippen MR) is 51.5 cm³/mol. The minimum absolute atomic E-state index is 0.114. The molecule has 0 aliphatic carbocycles. The maximum atomic E-state index is 11.5. The Balaban J connectivity index is 2.78. The van der Waals surface area contributed by atoms with Gasteiger partial charge in [0.05, 0.1) is 13.7 Å². The van der Waals surface area contributed by atoms with Crippen LogP contribution in [0, 0.1) is 0 Å². The van der Waals surface area contributed by atoms with Gasteiger partial charge in [0.1, 0.15) is 0 Å². The maximum absolute atomic E-state index is 11.5. The molecule has 0 amide bonds. The molecule has 76 valence electrons. The number of aromatic nitrogens is 2. The van der Waals surface area contributed by atoms with Gasteiger partial charge in [-0.1, -0.05) is 6.92 Å². The van der Waals surface area contributed by atoms with E-state index in [1.165, 1.54) is 19.5 Å². The first-order valence-electron chi connectivity index (χ1n) is 4.38. The molecule has 1 aromatic heterocycles. The van der Waals surface area contributed by atoms with Gasteiger partial charge in [-0.05, 0) is 6.54 Å². The average molecular weight is 195 g/mol. The quantitative estimate of drug-likeness (QED) is 0.683. The molecule has 0 aliphatic rings. The zero-order chi connectivity index (χ0) is 10.4. The van der Waals surface area contributed by atoms with E-state index in [1.54, 1.807) is 0 Å². The van der Waals surface area contributed by atoms with E-state index in [0.29, 0.717) is 0 Å². The van der Waals surface area contributed by atoms with Crippen LogP contribution in [0.1, 0.15) is 17.4 Å². The molecule has 0 fully saturated rings. The van der Waals surface area contributed by atoms with Crippen LogP contribution in [0.25, 0.3) is 0 Å².